The summed E-state index contributed by atoms with van der Waals surface area (Å²) in [6.07, 6.45) is 6.36. The Bertz CT molecular complexity index is 832. The van der Waals surface area contributed by atoms with Crippen LogP contribution in [0.5, 0.6) is 5.75 Å². The molecule has 1 N–H and O–H groups in total. The van der Waals surface area contributed by atoms with E-state index in [4.69, 9.17) is 9.47 Å². The second-order valence-electron chi connectivity index (χ2n) is 9.14. The highest BCUT2D eigenvalue weighted by atomic mass is 16.5. The molecule has 30 heavy (non-hydrogen) atoms. The maximum absolute atomic E-state index is 6.33. The van der Waals surface area contributed by atoms with Gasteiger partial charge in [-0.05, 0) is 74.9 Å². The van der Waals surface area contributed by atoms with E-state index in [0.29, 0.717) is 12.0 Å². The number of benzene rings is 2. The summed E-state index contributed by atoms with van der Waals surface area (Å²) in [5, 5.41) is 3.94. The lowest BCUT2D eigenvalue weighted by molar-refractivity contribution is -0.0473. The van der Waals surface area contributed by atoms with Gasteiger partial charge in [0.2, 0.25) is 0 Å². The number of hydrogen-bond donors (Lipinski definition) is 1. The molecule has 3 aliphatic heterocycles. The van der Waals surface area contributed by atoms with Crippen molar-refractivity contribution in [3.63, 3.8) is 0 Å². The highest BCUT2D eigenvalue weighted by Gasteiger charge is 2.43. The standard InChI is InChI=1S/C26H34N2O2/c1-29-21-9-10-24-23(18-21)26-22(8-5-17-30-26)25(27-24)20-12-15-28(16-13-20)14-11-19-6-3-2-4-7-19/h2-4,6-7,9-10,18,20,22,25-27H,5,8,11-17H2,1H3/t22-,25+,26-/m0/s1. The summed E-state index contributed by atoms with van der Waals surface area (Å²) < 4.78 is 11.8. The van der Waals surface area contributed by atoms with Gasteiger partial charge in [0, 0.05) is 36.4 Å². The predicted octanol–water partition coefficient (Wildman–Crippen LogP) is 4.91. The monoisotopic (exact) mass is 406 g/mol. The molecule has 0 aromatic heterocycles. The second kappa shape index (κ2) is 8.99. The first kappa shape index (κ1) is 19.9. The van der Waals surface area contributed by atoms with Gasteiger partial charge in [0.15, 0.2) is 0 Å². The number of fused-ring (bicyclic) bond motifs is 3. The number of likely N-dealkylation sites (tertiary alicyclic amines) is 1. The van der Waals surface area contributed by atoms with E-state index < -0.39 is 0 Å². The summed E-state index contributed by atoms with van der Waals surface area (Å²) in [7, 11) is 1.74. The Morgan fingerprint density at radius 3 is 2.70 bits per heavy atom. The lowest BCUT2D eigenvalue weighted by atomic mass is 9.73. The minimum absolute atomic E-state index is 0.214. The van der Waals surface area contributed by atoms with Crippen molar-refractivity contribution in [3.8, 4) is 5.75 Å². The fourth-order valence-corrected chi connectivity index (χ4v) is 5.75. The van der Waals surface area contributed by atoms with Crippen LogP contribution in [-0.4, -0.2) is 44.3 Å². The lowest BCUT2D eigenvalue weighted by Gasteiger charge is -2.48. The van der Waals surface area contributed by atoms with Gasteiger partial charge in [-0.2, -0.15) is 0 Å². The summed E-state index contributed by atoms with van der Waals surface area (Å²) in [4.78, 5) is 2.65. The Labute approximate surface area is 180 Å². The van der Waals surface area contributed by atoms with Crippen molar-refractivity contribution in [2.75, 3.05) is 38.7 Å². The number of hydrogen-bond acceptors (Lipinski definition) is 4. The summed E-state index contributed by atoms with van der Waals surface area (Å²) >= 11 is 0. The molecular weight excluding hydrogens is 372 g/mol. The third-order valence-corrected chi connectivity index (χ3v) is 7.42. The first-order chi connectivity index (χ1) is 14.8. The zero-order valence-electron chi connectivity index (χ0n) is 18.1. The zero-order valence-corrected chi connectivity index (χ0v) is 18.1. The molecule has 5 rings (SSSR count). The van der Waals surface area contributed by atoms with Crippen LogP contribution in [0.2, 0.25) is 0 Å². The molecule has 0 aliphatic carbocycles. The first-order valence-electron chi connectivity index (χ1n) is 11.6. The second-order valence-corrected chi connectivity index (χ2v) is 9.14. The van der Waals surface area contributed by atoms with Gasteiger partial charge >= 0.3 is 0 Å². The Kier molecular flexibility index (Phi) is 5.96. The number of anilines is 1. The summed E-state index contributed by atoms with van der Waals surface area (Å²) in [6, 6.07) is 17.8. The Balaban J connectivity index is 1.24. The minimum Gasteiger partial charge on any atom is -0.497 e. The molecule has 0 unspecified atom stereocenters. The maximum atomic E-state index is 6.33. The zero-order chi connectivity index (χ0) is 20.3. The predicted molar refractivity (Wildman–Crippen MR) is 121 cm³/mol. The molecule has 4 heteroatoms. The van der Waals surface area contributed by atoms with E-state index in [1.165, 1.54) is 62.1 Å². The van der Waals surface area contributed by atoms with Crippen molar-refractivity contribution in [1.82, 2.24) is 4.90 Å². The third kappa shape index (κ3) is 4.08. The normalized spacial score (nSPS) is 27.0. The van der Waals surface area contributed by atoms with Gasteiger partial charge in [0.05, 0.1) is 13.2 Å². The number of nitrogens with zero attached hydrogens (tertiary/aromatic N) is 1. The fraction of sp³-hybridized carbons (Fsp3) is 0.538. The minimum atomic E-state index is 0.214. The molecule has 160 valence electrons. The summed E-state index contributed by atoms with van der Waals surface area (Å²) in [5.74, 6) is 2.22. The number of rotatable bonds is 5. The van der Waals surface area contributed by atoms with Crippen molar-refractivity contribution >= 4 is 5.69 Å². The molecule has 0 radical (unpaired) electrons. The molecule has 3 atom stereocenters. The van der Waals surface area contributed by atoms with E-state index in [2.05, 4.69) is 58.7 Å². The molecule has 2 aromatic rings. The van der Waals surface area contributed by atoms with Crippen LogP contribution in [0.15, 0.2) is 48.5 Å². The van der Waals surface area contributed by atoms with Crippen molar-refractivity contribution < 1.29 is 9.47 Å². The average Bonchev–Trinajstić information content (AvgIpc) is 2.83. The van der Waals surface area contributed by atoms with E-state index in [0.717, 1.165) is 24.7 Å². The largest absolute Gasteiger partial charge is 0.497 e. The number of ether oxygens (including phenoxy) is 2. The Morgan fingerprint density at radius 2 is 1.90 bits per heavy atom. The van der Waals surface area contributed by atoms with E-state index in [1.807, 2.05) is 0 Å². The highest BCUT2D eigenvalue weighted by Crippen LogP contribution is 2.47. The quantitative estimate of drug-likeness (QED) is 0.765. The first-order valence-corrected chi connectivity index (χ1v) is 11.6. The van der Waals surface area contributed by atoms with Crippen LogP contribution in [0.3, 0.4) is 0 Å². The van der Waals surface area contributed by atoms with Crippen LogP contribution in [0.4, 0.5) is 5.69 Å². The van der Waals surface area contributed by atoms with E-state index >= 15 is 0 Å². The van der Waals surface area contributed by atoms with Crippen molar-refractivity contribution in [2.45, 2.75) is 44.2 Å². The fourth-order valence-electron chi connectivity index (χ4n) is 5.75. The van der Waals surface area contributed by atoms with Gasteiger partial charge in [-0.3, -0.25) is 0 Å². The van der Waals surface area contributed by atoms with Crippen LogP contribution < -0.4 is 10.1 Å². The SMILES string of the molecule is COc1ccc2c(c1)[C@H]1OCCC[C@H]1[C@@H](C1CCN(CCc3ccccc3)CC1)N2. The van der Waals surface area contributed by atoms with Crippen molar-refractivity contribution in [3.05, 3.63) is 59.7 Å². The smallest absolute Gasteiger partial charge is 0.119 e. The number of nitrogens with one attached hydrogen (secondary N) is 1. The van der Waals surface area contributed by atoms with Crippen LogP contribution >= 0.6 is 0 Å². The molecular formula is C26H34N2O2. The third-order valence-electron chi connectivity index (χ3n) is 7.42. The molecule has 2 aromatic carbocycles. The number of methoxy groups -OCH3 is 1. The van der Waals surface area contributed by atoms with Crippen LogP contribution in [0.1, 0.15) is 42.9 Å². The van der Waals surface area contributed by atoms with Gasteiger partial charge in [-0.1, -0.05) is 30.3 Å². The molecule has 3 heterocycles. The number of piperidine rings is 1. The highest BCUT2D eigenvalue weighted by molar-refractivity contribution is 5.58. The Morgan fingerprint density at radius 1 is 1.07 bits per heavy atom. The van der Waals surface area contributed by atoms with Gasteiger partial charge in [0.1, 0.15) is 5.75 Å². The molecule has 0 bridgehead atoms. The topological polar surface area (TPSA) is 33.7 Å². The molecule has 4 nitrogen and oxygen atoms in total. The van der Waals surface area contributed by atoms with E-state index in [1.54, 1.807) is 7.11 Å². The summed E-state index contributed by atoms with van der Waals surface area (Å²) in [5.41, 5.74) is 3.98. The molecule has 0 spiro atoms. The van der Waals surface area contributed by atoms with Gasteiger partial charge in [0.25, 0.3) is 0 Å². The molecule has 3 aliphatic rings. The van der Waals surface area contributed by atoms with Crippen LogP contribution in [-0.2, 0) is 11.2 Å². The van der Waals surface area contributed by atoms with E-state index in [-0.39, 0.29) is 6.10 Å². The van der Waals surface area contributed by atoms with Gasteiger partial charge < -0.3 is 19.7 Å². The summed E-state index contributed by atoms with van der Waals surface area (Å²) in [6.45, 7) is 4.47. The van der Waals surface area contributed by atoms with E-state index in [9.17, 15) is 0 Å². The molecule has 0 saturated carbocycles. The molecule has 0 amide bonds. The van der Waals surface area contributed by atoms with Crippen LogP contribution in [0.25, 0.3) is 0 Å². The molecule has 2 saturated heterocycles. The lowest BCUT2D eigenvalue weighted by Crippen LogP contribution is -2.49. The van der Waals surface area contributed by atoms with Crippen LogP contribution in [0, 0.1) is 11.8 Å². The van der Waals surface area contributed by atoms with Gasteiger partial charge in [-0.25, -0.2) is 0 Å². The van der Waals surface area contributed by atoms with Crippen molar-refractivity contribution in [1.29, 1.82) is 0 Å². The maximum Gasteiger partial charge on any atom is 0.119 e. The average molecular weight is 407 g/mol. The van der Waals surface area contributed by atoms with Crippen molar-refractivity contribution in [2.24, 2.45) is 11.8 Å². The van der Waals surface area contributed by atoms with Gasteiger partial charge in [-0.15, -0.1) is 0 Å². The Hall–Kier alpha value is -2.04. The molecule has 2 fully saturated rings.